The van der Waals surface area contributed by atoms with E-state index < -0.39 is 11.4 Å². The van der Waals surface area contributed by atoms with Gasteiger partial charge in [-0.1, -0.05) is 19.0 Å². The van der Waals surface area contributed by atoms with Crippen molar-refractivity contribution in [3.05, 3.63) is 23.8 Å². The molecule has 1 aromatic rings. The van der Waals surface area contributed by atoms with Gasteiger partial charge < -0.3 is 26.5 Å². The Kier molecular flexibility index (Phi) is 4.79. The normalized spacial score (nSPS) is 12.2. The SMILES string of the molecule is CCC(CC)(NC(=O)c1ccc(O)cc1O)/C(N)=N/O. The van der Waals surface area contributed by atoms with E-state index in [0.29, 0.717) is 12.8 Å². The van der Waals surface area contributed by atoms with Gasteiger partial charge in [0, 0.05) is 6.07 Å². The summed E-state index contributed by atoms with van der Waals surface area (Å²) in [5, 5.41) is 33.3. The van der Waals surface area contributed by atoms with Crippen molar-refractivity contribution in [1.82, 2.24) is 5.32 Å². The minimum atomic E-state index is -0.990. The van der Waals surface area contributed by atoms with Crippen molar-refractivity contribution in [2.75, 3.05) is 0 Å². The summed E-state index contributed by atoms with van der Waals surface area (Å²) in [6, 6.07) is 3.65. The first-order valence-corrected chi connectivity index (χ1v) is 6.22. The Labute approximate surface area is 116 Å². The van der Waals surface area contributed by atoms with Crippen LogP contribution in [-0.4, -0.2) is 32.7 Å². The van der Waals surface area contributed by atoms with E-state index in [4.69, 9.17) is 10.9 Å². The Hall–Kier alpha value is -2.44. The summed E-state index contributed by atoms with van der Waals surface area (Å²) in [6.45, 7) is 3.58. The fourth-order valence-corrected chi connectivity index (χ4v) is 1.95. The van der Waals surface area contributed by atoms with E-state index >= 15 is 0 Å². The van der Waals surface area contributed by atoms with E-state index in [9.17, 15) is 15.0 Å². The first kappa shape index (κ1) is 15.6. The Balaban J connectivity index is 3.09. The van der Waals surface area contributed by atoms with E-state index in [1.807, 2.05) is 0 Å². The van der Waals surface area contributed by atoms with Crippen LogP contribution in [0.3, 0.4) is 0 Å². The molecule has 1 aromatic carbocycles. The van der Waals surface area contributed by atoms with E-state index in [2.05, 4.69) is 10.5 Å². The quantitative estimate of drug-likeness (QED) is 0.239. The zero-order valence-corrected chi connectivity index (χ0v) is 11.4. The van der Waals surface area contributed by atoms with Crippen molar-refractivity contribution in [2.45, 2.75) is 32.2 Å². The second kappa shape index (κ2) is 6.14. The molecular formula is C13H19N3O4. The van der Waals surface area contributed by atoms with Crippen LogP contribution in [0.5, 0.6) is 11.5 Å². The average Bonchev–Trinajstić information content (AvgIpc) is 2.43. The highest BCUT2D eigenvalue weighted by atomic mass is 16.4. The zero-order valence-electron chi connectivity index (χ0n) is 11.4. The van der Waals surface area contributed by atoms with Gasteiger partial charge in [0.2, 0.25) is 0 Å². The van der Waals surface area contributed by atoms with Crippen LogP contribution < -0.4 is 11.1 Å². The lowest BCUT2D eigenvalue weighted by atomic mass is 9.91. The Morgan fingerprint density at radius 3 is 2.40 bits per heavy atom. The molecule has 0 saturated heterocycles. The van der Waals surface area contributed by atoms with Crippen molar-refractivity contribution in [2.24, 2.45) is 10.9 Å². The molecule has 0 aliphatic heterocycles. The molecule has 0 bridgehead atoms. The molecule has 0 heterocycles. The molecule has 0 aliphatic carbocycles. The fourth-order valence-electron chi connectivity index (χ4n) is 1.95. The molecule has 20 heavy (non-hydrogen) atoms. The van der Waals surface area contributed by atoms with Crippen LogP contribution in [-0.2, 0) is 0 Å². The summed E-state index contributed by atoms with van der Waals surface area (Å²) < 4.78 is 0. The van der Waals surface area contributed by atoms with Gasteiger partial charge in [0.1, 0.15) is 17.0 Å². The van der Waals surface area contributed by atoms with Crippen LogP contribution in [0.15, 0.2) is 23.4 Å². The maximum atomic E-state index is 12.2. The molecule has 1 amide bonds. The summed E-state index contributed by atoms with van der Waals surface area (Å²) >= 11 is 0. The number of aromatic hydroxyl groups is 2. The lowest BCUT2D eigenvalue weighted by molar-refractivity contribution is 0.0915. The van der Waals surface area contributed by atoms with E-state index in [-0.39, 0.29) is 22.9 Å². The molecule has 0 unspecified atom stereocenters. The first-order chi connectivity index (χ1) is 9.40. The molecule has 0 radical (unpaired) electrons. The molecule has 0 aliphatic rings. The molecule has 0 atom stereocenters. The monoisotopic (exact) mass is 281 g/mol. The lowest BCUT2D eigenvalue weighted by Crippen LogP contribution is -2.56. The number of nitrogens with one attached hydrogen (secondary N) is 1. The molecular weight excluding hydrogens is 262 g/mol. The number of oxime groups is 1. The number of carbonyl (C=O) groups is 1. The van der Waals surface area contributed by atoms with Gasteiger partial charge in [-0.3, -0.25) is 4.79 Å². The highest BCUT2D eigenvalue weighted by molar-refractivity contribution is 6.01. The minimum Gasteiger partial charge on any atom is -0.508 e. The maximum absolute atomic E-state index is 12.2. The standard InChI is InChI=1S/C13H19N3O4/c1-3-13(4-2,12(14)16-20)15-11(19)9-6-5-8(17)7-10(9)18/h5-7,17-18,20H,3-4H2,1-2H3,(H2,14,16)(H,15,19). The van der Waals surface area contributed by atoms with Gasteiger partial charge in [0.05, 0.1) is 5.56 Å². The second-order valence-corrected chi connectivity index (χ2v) is 4.43. The van der Waals surface area contributed by atoms with Gasteiger partial charge in [-0.05, 0) is 25.0 Å². The Bertz CT molecular complexity index is 524. The molecule has 0 spiro atoms. The average molecular weight is 281 g/mol. The molecule has 110 valence electrons. The number of carbonyl (C=O) groups excluding carboxylic acids is 1. The first-order valence-electron chi connectivity index (χ1n) is 6.22. The summed E-state index contributed by atoms with van der Waals surface area (Å²) in [5.74, 6) is -1.16. The third-order valence-corrected chi connectivity index (χ3v) is 3.38. The number of amides is 1. The number of phenols is 2. The van der Waals surface area contributed by atoms with Gasteiger partial charge in [0.15, 0.2) is 5.84 Å². The number of phenolic OH excluding ortho intramolecular Hbond substituents is 2. The summed E-state index contributed by atoms with van der Waals surface area (Å²) in [7, 11) is 0. The number of benzene rings is 1. The number of hydrogen-bond acceptors (Lipinski definition) is 5. The van der Waals surface area contributed by atoms with Crippen LogP contribution in [0.1, 0.15) is 37.0 Å². The van der Waals surface area contributed by atoms with Crippen LogP contribution in [0.25, 0.3) is 0 Å². The van der Waals surface area contributed by atoms with Crippen molar-refractivity contribution < 1.29 is 20.2 Å². The zero-order chi connectivity index (χ0) is 15.3. The molecule has 6 N–H and O–H groups in total. The van der Waals surface area contributed by atoms with Crippen LogP contribution in [0.4, 0.5) is 0 Å². The Morgan fingerprint density at radius 2 is 1.95 bits per heavy atom. The predicted molar refractivity (Wildman–Crippen MR) is 74.0 cm³/mol. The topological polar surface area (TPSA) is 128 Å². The van der Waals surface area contributed by atoms with Gasteiger partial charge in [-0.25, -0.2) is 0 Å². The number of nitrogens with two attached hydrogens (primary N) is 1. The molecule has 1 rings (SSSR count). The van der Waals surface area contributed by atoms with E-state index in [0.717, 1.165) is 6.07 Å². The van der Waals surface area contributed by atoms with Gasteiger partial charge in [0.25, 0.3) is 5.91 Å². The number of hydrogen-bond donors (Lipinski definition) is 5. The van der Waals surface area contributed by atoms with Crippen molar-refractivity contribution in [3.63, 3.8) is 0 Å². The van der Waals surface area contributed by atoms with Crippen molar-refractivity contribution >= 4 is 11.7 Å². The summed E-state index contributed by atoms with van der Waals surface area (Å²) in [5.41, 5.74) is 4.65. The highest BCUT2D eigenvalue weighted by Crippen LogP contribution is 2.24. The minimum absolute atomic E-state index is 0.000171. The molecule has 7 heteroatoms. The largest absolute Gasteiger partial charge is 0.508 e. The lowest BCUT2D eigenvalue weighted by Gasteiger charge is -2.31. The number of amidine groups is 1. The van der Waals surface area contributed by atoms with Gasteiger partial charge in [-0.2, -0.15) is 0 Å². The fraction of sp³-hybridized carbons (Fsp3) is 0.385. The maximum Gasteiger partial charge on any atom is 0.255 e. The van der Waals surface area contributed by atoms with Crippen molar-refractivity contribution in [1.29, 1.82) is 0 Å². The molecule has 0 saturated carbocycles. The van der Waals surface area contributed by atoms with Crippen LogP contribution >= 0.6 is 0 Å². The number of rotatable bonds is 5. The molecule has 0 fully saturated rings. The number of nitrogens with zero attached hydrogens (tertiary/aromatic N) is 1. The third kappa shape index (κ3) is 2.93. The predicted octanol–water partition coefficient (Wildman–Crippen LogP) is 1.13. The second-order valence-electron chi connectivity index (χ2n) is 4.43. The Morgan fingerprint density at radius 1 is 1.35 bits per heavy atom. The van der Waals surface area contributed by atoms with Gasteiger partial charge in [-0.15, -0.1) is 0 Å². The van der Waals surface area contributed by atoms with Crippen LogP contribution in [0.2, 0.25) is 0 Å². The summed E-state index contributed by atoms with van der Waals surface area (Å²) in [6.07, 6.45) is 0.841. The highest BCUT2D eigenvalue weighted by Gasteiger charge is 2.34. The molecule has 7 nitrogen and oxygen atoms in total. The third-order valence-electron chi connectivity index (χ3n) is 3.38. The molecule has 0 aromatic heterocycles. The summed E-state index contributed by atoms with van der Waals surface area (Å²) in [4.78, 5) is 12.2. The smallest absolute Gasteiger partial charge is 0.255 e. The van der Waals surface area contributed by atoms with Crippen molar-refractivity contribution in [3.8, 4) is 11.5 Å². The van der Waals surface area contributed by atoms with Crippen LogP contribution in [0, 0.1) is 0 Å². The van der Waals surface area contributed by atoms with E-state index in [1.165, 1.54) is 12.1 Å². The van der Waals surface area contributed by atoms with E-state index in [1.54, 1.807) is 13.8 Å². The van der Waals surface area contributed by atoms with Gasteiger partial charge >= 0.3 is 0 Å².